The van der Waals surface area contributed by atoms with Crippen LogP contribution in [-0.2, 0) is 23.9 Å². The molecule has 0 fully saturated rings. The summed E-state index contributed by atoms with van der Waals surface area (Å²) in [5.41, 5.74) is 11.5. The maximum Gasteiger partial charge on any atom is 0.335 e. The van der Waals surface area contributed by atoms with Gasteiger partial charge >= 0.3 is 11.9 Å². The molecule has 54 heavy (non-hydrogen) atoms. The average molecular weight is 804 g/mol. The highest BCUT2D eigenvalue weighted by Crippen LogP contribution is 2.48. The van der Waals surface area contributed by atoms with Crippen LogP contribution >= 0.6 is 11.6 Å². The van der Waals surface area contributed by atoms with Crippen molar-refractivity contribution in [1.82, 2.24) is 0 Å². The molecule has 0 radical (unpaired) electrons. The lowest BCUT2D eigenvalue weighted by Gasteiger charge is -2.27. The molecule has 0 saturated heterocycles. The smallest absolute Gasteiger partial charge is 0.335 e. The van der Waals surface area contributed by atoms with Crippen LogP contribution in [0.5, 0.6) is 0 Å². The SMILES string of the molecule is CC1(C)C(=CC=C2CCCC(C=CC3=[N+](Cc4ccc(C(=O)O)cc4)c4ccccc4C3(C)C)=C2Cl)N(Cc2ccc(C(=O)O)cc2)c2ccccc21.[Br-]. The normalized spacial score (nSPS) is 18.6. The van der Waals surface area contributed by atoms with Crippen LogP contribution in [0.2, 0.25) is 0 Å². The summed E-state index contributed by atoms with van der Waals surface area (Å²) < 4.78 is 2.34. The maximum atomic E-state index is 11.5. The third-order valence-electron chi connectivity index (χ3n) is 11.0. The van der Waals surface area contributed by atoms with Crippen molar-refractivity contribution in [3.63, 3.8) is 0 Å². The third kappa shape index (κ3) is 7.27. The summed E-state index contributed by atoms with van der Waals surface area (Å²) in [5, 5.41) is 19.6. The number of para-hydroxylation sites is 2. The van der Waals surface area contributed by atoms with Gasteiger partial charge in [-0.1, -0.05) is 98.3 Å². The summed E-state index contributed by atoms with van der Waals surface area (Å²) >= 11 is 7.25. The van der Waals surface area contributed by atoms with E-state index >= 15 is 0 Å². The molecule has 4 aromatic carbocycles. The summed E-state index contributed by atoms with van der Waals surface area (Å²) in [5.74, 6) is -1.86. The van der Waals surface area contributed by atoms with Gasteiger partial charge in [0.1, 0.15) is 0 Å². The number of aromatic carboxylic acids is 2. The number of hydrogen-bond acceptors (Lipinski definition) is 3. The second-order valence-electron chi connectivity index (χ2n) is 15.1. The summed E-state index contributed by atoms with van der Waals surface area (Å²) in [6.45, 7) is 10.2. The second kappa shape index (κ2) is 15.4. The van der Waals surface area contributed by atoms with E-state index in [-0.39, 0.29) is 38.9 Å². The number of rotatable bonds is 9. The van der Waals surface area contributed by atoms with Crippen molar-refractivity contribution in [2.24, 2.45) is 0 Å². The van der Waals surface area contributed by atoms with Gasteiger partial charge in [-0.3, -0.25) is 0 Å². The molecular weight excluding hydrogens is 760 g/mol. The molecule has 0 aromatic heterocycles. The number of carboxylic acid groups (broad SMARTS) is 2. The largest absolute Gasteiger partial charge is 1.00 e. The van der Waals surface area contributed by atoms with Crippen LogP contribution in [0, 0.1) is 0 Å². The predicted molar refractivity (Wildman–Crippen MR) is 213 cm³/mol. The van der Waals surface area contributed by atoms with E-state index in [0.717, 1.165) is 69.4 Å². The molecule has 0 bridgehead atoms. The van der Waals surface area contributed by atoms with Gasteiger partial charge in [0.05, 0.1) is 16.5 Å². The van der Waals surface area contributed by atoms with E-state index in [1.54, 1.807) is 24.3 Å². The quantitative estimate of drug-likeness (QED) is 0.170. The zero-order valence-electron chi connectivity index (χ0n) is 30.9. The van der Waals surface area contributed by atoms with Gasteiger partial charge in [0.15, 0.2) is 12.3 Å². The van der Waals surface area contributed by atoms with E-state index in [4.69, 9.17) is 11.6 Å². The molecule has 7 rings (SSSR count). The number of halogens is 2. The monoisotopic (exact) mass is 802 g/mol. The molecule has 0 atom stereocenters. The first-order chi connectivity index (χ1) is 25.4. The summed E-state index contributed by atoms with van der Waals surface area (Å²) in [7, 11) is 0. The molecule has 276 valence electrons. The highest BCUT2D eigenvalue weighted by atomic mass is 79.9. The Morgan fingerprint density at radius 3 is 1.98 bits per heavy atom. The molecule has 8 heteroatoms. The van der Waals surface area contributed by atoms with Crippen LogP contribution in [0.15, 0.2) is 143 Å². The summed E-state index contributed by atoms with van der Waals surface area (Å²) in [4.78, 5) is 25.3. The molecule has 2 N–H and O–H groups in total. The number of carbonyl (C=O) groups is 2. The zero-order valence-corrected chi connectivity index (χ0v) is 33.3. The third-order valence-corrected chi connectivity index (χ3v) is 11.5. The molecule has 2 heterocycles. The number of allylic oxidation sites excluding steroid dienone is 8. The Hall–Kier alpha value is -4.98. The Bertz CT molecular complexity index is 2280. The van der Waals surface area contributed by atoms with E-state index in [9.17, 15) is 19.8 Å². The molecule has 2 aliphatic heterocycles. The fourth-order valence-corrected chi connectivity index (χ4v) is 8.38. The van der Waals surface area contributed by atoms with E-state index in [1.807, 2.05) is 24.3 Å². The Morgan fingerprint density at radius 1 is 0.741 bits per heavy atom. The van der Waals surface area contributed by atoms with Gasteiger partial charge in [0.2, 0.25) is 5.69 Å². The van der Waals surface area contributed by atoms with Gasteiger partial charge in [-0.15, -0.1) is 0 Å². The Kier molecular flexibility index (Phi) is 11.0. The lowest BCUT2D eigenvalue weighted by Crippen LogP contribution is -3.00. The Labute approximate surface area is 332 Å². The molecular formula is C46H44BrClN2O4. The number of anilines is 1. The molecule has 4 aromatic rings. The average Bonchev–Trinajstić information content (AvgIpc) is 3.49. The maximum absolute atomic E-state index is 11.5. The standard InChI is InChI=1S/C46H43ClN2O4.BrH/c1-45(2)36-12-5-7-14-38(36)48(28-30-16-20-34(21-17-30)43(50)51)40(45)26-24-32-10-9-11-33(42(32)47)25-27-41-46(3,4)37-13-6-8-15-39(37)49(41)29-31-18-22-35(23-19-31)44(52)53;/h5-8,12-27H,9-11,28-29H2,1-4H3,(H-,50,51,52,53);1H. The van der Waals surface area contributed by atoms with Crippen LogP contribution in [0.3, 0.4) is 0 Å². The van der Waals surface area contributed by atoms with E-state index < -0.39 is 11.9 Å². The van der Waals surface area contributed by atoms with Crippen LogP contribution in [0.4, 0.5) is 11.4 Å². The zero-order chi connectivity index (χ0) is 37.5. The number of benzene rings is 4. The van der Waals surface area contributed by atoms with Crippen molar-refractivity contribution in [2.75, 3.05) is 4.90 Å². The van der Waals surface area contributed by atoms with Crippen molar-refractivity contribution < 1.29 is 41.4 Å². The lowest BCUT2D eigenvalue weighted by atomic mass is 9.81. The molecule has 3 aliphatic rings. The van der Waals surface area contributed by atoms with E-state index in [1.165, 1.54) is 11.1 Å². The minimum atomic E-state index is -0.930. The summed E-state index contributed by atoms with van der Waals surface area (Å²) in [6.07, 6.45) is 11.6. The molecule has 0 unspecified atom stereocenters. The Morgan fingerprint density at radius 2 is 1.33 bits per heavy atom. The Balaban J connectivity index is 0.00000497. The molecule has 6 nitrogen and oxygen atoms in total. The molecule has 1 aliphatic carbocycles. The van der Waals surface area contributed by atoms with Crippen LogP contribution < -0.4 is 21.9 Å². The van der Waals surface area contributed by atoms with E-state index in [2.05, 4.69) is 110 Å². The molecule has 0 saturated carbocycles. The number of nitrogens with zero attached hydrogens (tertiary/aromatic N) is 2. The first-order valence-corrected chi connectivity index (χ1v) is 18.5. The van der Waals surface area contributed by atoms with Crippen molar-refractivity contribution in [2.45, 2.75) is 70.9 Å². The topological polar surface area (TPSA) is 80.9 Å². The fraction of sp³-hybridized carbons (Fsp3) is 0.239. The van der Waals surface area contributed by atoms with Gasteiger partial charge in [-0.2, -0.15) is 4.58 Å². The highest BCUT2D eigenvalue weighted by molar-refractivity contribution is 6.32. The van der Waals surface area contributed by atoms with Crippen molar-refractivity contribution in [3.8, 4) is 0 Å². The van der Waals surface area contributed by atoms with Gasteiger partial charge in [0, 0.05) is 51.6 Å². The summed E-state index contributed by atoms with van der Waals surface area (Å²) in [6, 6.07) is 31.2. The second-order valence-corrected chi connectivity index (χ2v) is 15.5. The van der Waals surface area contributed by atoms with Crippen LogP contribution in [0.25, 0.3) is 0 Å². The van der Waals surface area contributed by atoms with Gasteiger partial charge in [-0.25, -0.2) is 9.59 Å². The molecule has 0 spiro atoms. The molecule has 0 amide bonds. The number of carboxylic acids is 2. The lowest BCUT2D eigenvalue weighted by molar-refractivity contribution is -0.455. The number of hydrogen-bond donors (Lipinski definition) is 2. The number of fused-ring (bicyclic) bond motifs is 2. The van der Waals surface area contributed by atoms with Gasteiger partial charge < -0.3 is 32.1 Å². The highest BCUT2D eigenvalue weighted by Gasteiger charge is 2.44. The van der Waals surface area contributed by atoms with Crippen LogP contribution in [-0.4, -0.2) is 32.4 Å². The predicted octanol–water partition coefficient (Wildman–Crippen LogP) is 7.70. The van der Waals surface area contributed by atoms with E-state index in [0.29, 0.717) is 13.1 Å². The van der Waals surface area contributed by atoms with Gasteiger partial charge in [-0.05, 0) is 91.8 Å². The fourth-order valence-electron chi connectivity index (χ4n) is 8.06. The van der Waals surface area contributed by atoms with Crippen molar-refractivity contribution >= 4 is 40.6 Å². The van der Waals surface area contributed by atoms with Crippen LogP contribution in [0.1, 0.15) is 89.9 Å². The first-order valence-electron chi connectivity index (χ1n) is 18.1. The first kappa shape index (κ1) is 38.7. The minimum Gasteiger partial charge on any atom is -1.00 e. The van der Waals surface area contributed by atoms with Gasteiger partial charge in [0.25, 0.3) is 0 Å². The minimum absolute atomic E-state index is 0. The van der Waals surface area contributed by atoms with Crippen molar-refractivity contribution in [3.05, 3.63) is 177 Å². The van der Waals surface area contributed by atoms with Crippen molar-refractivity contribution in [1.29, 1.82) is 0 Å².